The third-order valence-electron chi connectivity index (χ3n) is 6.14. The second-order valence-electron chi connectivity index (χ2n) is 8.28. The number of benzene rings is 1. The van der Waals surface area contributed by atoms with Gasteiger partial charge in [-0.1, -0.05) is 36.4 Å². The van der Waals surface area contributed by atoms with Crippen LogP contribution in [0.15, 0.2) is 77.5 Å². The minimum Gasteiger partial charge on any atom is -0.459 e. The minimum absolute atomic E-state index is 0.0803. The Hall–Kier alpha value is -3.94. The lowest BCUT2D eigenvalue weighted by Gasteiger charge is -2.34. The number of likely N-dealkylation sites (tertiary alicyclic amines) is 1. The van der Waals surface area contributed by atoms with E-state index in [9.17, 15) is 9.59 Å². The van der Waals surface area contributed by atoms with E-state index in [2.05, 4.69) is 15.5 Å². The topological polar surface area (TPSA) is 92.7 Å². The van der Waals surface area contributed by atoms with Gasteiger partial charge >= 0.3 is 0 Å². The second-order valence-corrected chi connectivity index (χ2v) is 8.28. The summed E-state index contributed by atoms with van der Waals surface area (Å²) in [5.41, 5.74) is 1.81. The van der Waals surface area contributed by atoms with E-state index >= 15 is 0 Å². The first kappa shape index (κ1) is 20.9. The highest BCUT2D eigenvalue weighted by molar-refractivity contribution is 5.95. The van der Waals surface area contributed by atoms with Gasteiger partial charge in [0.2, 0.25) is 5.91 Å². The molecular formula is C25H25N5O3. The number of amides is 2. The molecule has 2 amide bonds. The molecule has 0 bridgehead atoms. The van der Waals surface area contributed by atoms with Crippen LogP contribution in [-0.4, -0.2) is 50.4 Å². The predicted molar refractivity (Wildman–Crippen MR) is 122 cm³/mol. The van der Waals surface area contributed by atoms with Crippen molar-refractivity contribution in [3.63, 3.8) is 0 Å². The number of carbonyl (C=O) groups excluding carboxylic acids is 2. The van der Waals surface area contributed by atoms with E-state index in [-0.39, 0.29) is 23.5 Å². The Bertz CT molecular complexity index is 1230. The number of rotatable bonds is 6. The minimum atomic E-state index is -0.671. The van der Waals surface area contributed by atoms with Gasteiger partial charge in [0.1, 0.15) is 11.9 Å². The van der Waals surface area contributed by atoms with E-state index in [0.29, 0.717) is 19.5 Å². The smallest absolute Gasteiger partial charge is 0.287 e. The predicted octanol–water partition coefficient (Wildman–Crippen LogP) is 3.07. The Morgan fingerprint density at radius 1 is 1.00 bits per heavy atom. The summed E-state index contributed by atoms with van der Waals surface area (Å²) in [6, 6.07) is 18.1. The monoisotopic (exact) mass is 443 g/mol. The molecule has 0 saturated carbocycles. The Balaban J connectivity index is 1.29. The average Bonchev–Trinajstić information content (AvgIpc) is 3.55. The number of nitrogens with one attached hydrogen (secondary N) is 1. The standard InChI is InChI=1S/C25H25N5O3/c31-24(21-9-6-16-33-21)26-20(17-18-7-2-1-3-8-18)25(32)29-14-11-19(12-15-29)23-28-27-22-10-4-5-13-30(22)23/h1-10,13,16,19-20H,11-12,14-15,17H2,(H,26,31)/t20-/m1/s1. The number of hydrogen-bond acceptors (Lipinski definition) is 5. The molecule has 8 nitrogen and oxygen atoms in total. The number of piperidine rings is 1. The number of hydrogen-bond donors (Lipinski definition) is 1. The molecule has 4 aromatic rings. The van der Waals surface area contributed by atoms with E-state index < -0.39 is 6.04 Å². The number of furan rings is 1. The summed E-state index contributed by atoms with van der Waals surface area (Å²) in [5, 5.41) is 11.5. The Morgan fingerprint density at radius 2 is 1.79 bits per heavy atom. The Labute approximate surface area is 191 Å². The van der Waals surface area contributed by atoms with Crippen LogP contribution in [0.1, 0.15) is 40.7 Å². The van der Waals surface area contributed by atoms with Crippen LogP contribution in [-0.2, 0) is 11.2 Å². The van der Waals surface area contributed by atoms with Crippen LogP contribution in [0.25, 0.3) is 5.65 Å². The molecule has 8 heteroatoms. The van der Waals surface area contributed by atoms with Crippen LogP contribution < -0.4 is 5.32 Å². The molecule has 0 radical (unpaired) electrons. The van der Waals surface area contributed by atoms with Crippen molar-refractivity contribution in [1.82, 2.24) is 24.8 Å². The fraction of sp³-hybridized carbons (Fsp3) is 0.280. The SMILES string of the molecule is O=C(N[C@H](Cc1ccccc1)C(=O)N1CCC(c2nnc3ccccn23)CC1)c1ccco1. The van der Waals surface area contributed by atoms with Gasteiger partial charge in [0.25, 0.3) is 5.91 Å². The van der Waals surface area contributed by atoms with Gasteiger partial charge in [0.05, 0.1) is 6.26 Å². The quantitative estimate of drug-likeness (QED) is 0.494. The molecule has 33 heavy (non-hydrogen) atoms. The lowest BCUT2D eigenvalue weighted by Crippen LogP contribution is -2.51. The molecule has 3 aromatic heterocycles. The summed E-state index contributed by atoms with van der Waals surface area (Å²) in [6.07, 6.45) is 5.43. The maximum absolute atomic E-state index is 13.5. The van der Waals surface area contributed by atoms with Crippen molar-refractivity contribution in [2.24, 2.45) is 0 Å². The van der Waals surface area contributed by atoms with Gasteiger partial charge in [-0.2, -0.15) is 0 Å². The normalized spacial score (nSPS) is 15.5. The molecule has 1 saturated heterocycles. The van der Waals surface area contributed by atoms with Crippen LogP contribution in [0.4, 0.5) is 0 Å². The fourth-order valence-corrected chi connectivity index (χ4v) is 4.40. The van der Waals surface area contributed by atoms with E-state index in [1.165, 1.54) is 6.26 Å². The fourth-order valence-electron chi connectivity index (χ4n) is 4.40. The summed E-state index contributed by atoms with van der Waals surface area (Å²) in [4.78, 5) is 27.9. The van der Waals surface area contributed by atoms with Crippen LogP contribution in [0.5, 0.6) is 0 Å². The molecule has 0 aliphatic carbocycles. The number of pyridine rings is 1. The maximum Gasteiger partial charge on any atom is 0.287 e. The molecule has 1 atom stereocenters. The van der Waals surface area contributed by atoms with Gasteiger partial charge in [0, 0.05) is 31.6 Å². The molecule has 1 aromatic carbocycles. The molecular weight excluding hydrogens is 418 g/mol. The van der Waals surface area contributed by atoms with Crippen molar-refractivity contribution in [3.8, 4) is 0 Å². The highest BCUT2D eigenvalue weighted by Gasteiger charge is 2.32. The Morgan fingerprint density at radius 3 is 2.55 bits per heavy atom. The van der Waals surface area contributed by atoms with Crippen LogP contribution in [0.3, 0.4) is 0 Å². The number of carbonyl (C=O) groups is 2. The van der Waals surface area contributed by atoms with Crippen LogP contribution in [0.2, 0.25) is 0 Å². The third-order valence-corrected chi connectivity index (χ3v) is 6.14. The highest BCUT2D eigenvalue weighted by Crippen LogP contribution is 2.27. The van der Waals surface area contributed by atoms with Gasteiger partial charge in [-0.15, -0.1) is 10.2 Å². The lowest BCUT2D eigenvalue weighted by molar-refractivity contribution is -0.134. The molecule has 1 aliphatic heterocycles. The highest BCUT2D eigenvalue weighted by atomic mass is 16.3. The first-order chi connectivity index (χ1) is 16.2. The summed E-state index contributed by atoms with van der Waals surface area (Å²) >= 11 is 0. The van der Waals surface area contributed by atoms with Crippen molar-refractivity contribution >= 4 is 17.5 Å². The molecule has 1 fully saturated rings. The first-order valence-electron chi connectivity index (χ1n) is 11.2. The summed E-state index contributed by atoms with van der Waals surface area (Å²) < 4.78 is 7.23. The van der Waals surface area contributed by atoms with E-state index in [1.807, 2.05) is 64.0 Å². The largest absolute Gasteiger partial charge is 0.459 e. The maximum atomic E-state index is 13.5. The van der Waals surface area contributed by atoms with Gasteiger partial charge in [0.15, 0.2) is 11.4 Å². The van der Waals surface area contributed by atoms with E-state index in [1.54, 1.807) is 12.1 Å². The summed E-state index contributed by atoms with van der Waals surface area (Å²) in [7, 11) is 0. The van der Waals surface area contributed by atoms with E-state index in [0.717, 1.165) is 29.9 Å². The lowest BCUT2D eigenvalue weighted by atomic mass is 9.95. The van der Waals surface area contributed by atoms with Crippen molar-refractivity contribution in [1.29, 1.82) is 0 Å². The number of nitrogens with zero attached hydrogens (tertiary/aromatic N) is 4. The van der Waals surface area contributed by atoms with Gasteiger partial charge < -0.3 is 14.6 Å². The number of aromatic nitrogens is 3. The summed E-state index contributed by atoms with van der Waals surface area (Å²) in [6.45, 7) is 1.21. The van der Waals surface area contributed by atoms with Crippen molar-refractivity contribution in [3.05, 3.63) is 90.3 Å². The van der Waals surface area contributed by atoms with Gasteiger partial charge in [-0.25, -0.2) is 0 Å². The third kappa shape index (κ3) is 4.50. The van der Waals surface area contributed by atoms with Crippen LogP contribution >= 0.6 is 0 Å². The zero-order chi connectivity index (χ0) is 22.6. The molecule has 1 N–H and O–H groups in total. The van der Waals surface area contributed by atoms with Crippen molar-refractivity contribution in [2.75, 3.05) is 13.1 Å². The van der Waals surface area contributed by atoms with Gasteiger partial charge in [-0.05, 0) is 42.7 Å². The molecule has 0 spiro atoms. The van der Waals surface area contributed by atoms with Crippen molar-refractivity contribution < 1.29 is 14.0 Å². The molecule has 168 valence electrons. The molecule has 0 unspecified atom stereocenters. The Kier molecular flexibility index (Phi) is 5.89. The molecule has 4 heterocycles. The second kappa shape index (κ2) is 9.28. The first-order valence-corrected chi connectivity index (χ1v) is 11.2. The van der Waals surface area contributed by atoms with Crippen LogP contribution in [0, 0.1) is 0 Å². The number of fused-ring (bicyclic) bond motifs is 1. The summed E-state index contributed by atoms with van der Waals surface area (Å²) in [5.74, 6) is 0.891. The molecule has 5 rings (SSSR count). The zero-order valence-electron chi connectivity index (χ0n) is 18.1. The van der Waals surface area contributed by atoms with E-state index in [4.69, 9.17) is 4.42 Å². The average molecular weight is 444 g/mol. The molecule has 1 aliphatic rings. The van der Waals surface area contributed by atoms with Crippen molar-refractivity contribution in [2.45, 2.75) is 31.2 Å². The zero-order valence-corrected chi connectivity index (χ0v) is 18.1. The van der Waals surface area contributed by atoms with Gasteiger partial charge in [-0.3, -0.25) is 14.0 Å².